The molecule has 0 bridgehead atoms. The predicted octanol–water partition coefficient (Wildman–Crippen LogP) is 4.27. The molecule has 0 aliphatic rings. The minimum absolute atomic E-state index is 0.0744. The lowest BCUT2D eigenvalue weighted by atomic mass is 9.98. The van der Waals surface area contributed by atoms with Crippen molar-refractivity contribution in [3.05, 3.63) is 57.9 Å². The Labute approximate surface area is 170 Å². The quantitative estimate of drug-likeness (QED) is 0.497. The van der Waals surface area contributed by atoms with E-state index in [1.165, 1.54) is 5.56 Å². The smallest absolute Gasteiger partial charge is 0.226 e. The molecule has 0 spiro atoms. The maximum atomic E-state index is 5.60. The Kier molecular flexibility index (Phi) is 6.14. The zero-order valence-corrected chi connectivity index (χ0v) is 17.9. The van der Waals surface area contributed by atoms with Crippen LogP contribution in [0.2, 0.25) is 0 Å². The molecule has 6 nitrogen and oxygen atoms in total. The average Bonchev–Trinajstić information content (AvgIpc) is 3.32. The number of aromatic nitrogens is 2. The van der Waals surface area contributed by atoms with Gasteiger partial charge in [0.2, 0.25) is 5.89 Å². The molecule has 0 radical (unpaired) electrons. The first kappa shape index (κ1) is 20.1. The summed E-state index contributed by atoms with van der Waals surface area (Å²) in [6, 6.07) is 8.12. The summed E-state index contributed by atoms with van der Waals surface area (Å²) in [6.45, 7) is 9.73. The third-order valence-corrected chi connectivity index (χ3v) is 5.46. The van der Waals surface area contributed by atoms with Gasteiger partial charge in [0.25, 0.3) is 0 Å². The van der Waals surface area contributed by atoms with Crippen LogP contribution in [-0.4, -0.2) is 23.0 Å². The number of aryl methyl sites for hydroxylation is 1. The number of rotatable bonds is 5. The minimum atomic E-state index is 0.0744. The monoisotopic (exact) mass is 397 g/mol. The predicted molar refractivity (Wildman–Crippen MR) is 115 cm³/mol. The average molecular weight is 398 g/mol. The summed E-state index contributed by atoms with van der Waals surface area (Å²) in [7, 11) is 1.75. The van der Waals surface area contributed by atoms with Crippen molar-refractivity contribution < 1.29 is 4.42 Å². The number of aliphatic imine (C=N–C) groups is 1. The number of nitrogens with one attached hydrogen (secondary N) is 2. The molecular formula is C21H27N5OS. The highest BCUT2D eigenvalue weighted by Crippen LogP contribution is 2.25. The Bertz CT molecular complexity index is 934. The molecule has 0 aliphatic carbocycles. The van der Waals surface area contributed by atoms with E-state index >= 15 is 0 Å². The van der Waals surface area contributed by atoms with Gasteiger partial charge < -0.3 is 15.1 Å². The van der Waals surface area contributed by atoms with Crippen molar-refractivity contribution in [3.63, 3.8) is 0 Å². The first-order valence-corrected chi connectivity index (χ1v) is 10.1. The summed E-state index contributed by atoms with van der Waals surface area (Å²) in [5.41, 5.74) is 4.09. The number of hydrogen-bond acceptors (Lipinski definition) is 5. The minimum Gasteiger partial charge on any atom is -0.444 e. The van der Waals surface area contributed by atoms with Gasteiger partial charge in [-0.15, -0.1) is 11.3 Å². The van der Waals surface area contributed by atoms with E-state index in [1.807, 2.05) is 24.3 Å². The second-order valence-electron chi connectivity index (χ2n) is 7.68. The van der Waals surface area contributed by atoms with E-state index in [1.54, 1.807) is 24.6 Å². The van der Waals surface area contributed by atoms with E-state index < -0.39 is 0 Å². The van der Waals surface area contributed by atoms with Gasteiger partial charge in [-0.2, -0.15) is 0 Å². The fourth-order valence-corrected chi connectivity index (χ4v) is 3.43. The SMILES string of the molecule is CN=C(NCc1coc(-c2ccc(C)cc2)n1)NCc1csc(C(C)(C)C)n1. The van der Waals surface area contributed by atoms with Crippen LogP contribution in [0.25, 0.3) is 11.5 Å². The molecule has 7 heteroatoms. The molecule has 2 aromatic heterocycles. The molecule has 3 aromatic rings. The summed E-state index contributed by atoms with van der Waals surface area (Å²) in [4.78, 5) is 13.5. The lowest BCUT2D eigenvalue weighted by Gasteiger charge is -2.13. The van der Waals surface area contributed by atoms with Crippen molar-refractivity contribution in [1.82, 2.24) is 20.6 Å². The Morgan fingerprint density at radius 1 is 1.07 bits per heavy atom. The summed E-state index contributed by atoms with van der Waals surface area (Å²) in [6.07, 6.45) is 1.67. The van der Waals surface area contributed by atoms with E-state index in [-0.39, 0.29) is 5.41 Å². The standard InChI is InChI=1S/C21H27N5OS/c1-14-6-8-15(9-7-14)18-25-16(12-27-18)10-23-20(22-5)24-11-17-13-28-19(26-17)21(2,3)4/h6-9,12-13H,10-11H2,1-5H3,(H2,22,23,24). The molecule has 0 fully saturated rings. The highest BCUT2D eigenvalue weighted by Gasteiger charge is 2.18. The number of guanidine groups is 1. The third kappa shape index (κ3) is 5.19. The number of nitrogens with zero attached hydrogens (tertiary/aromatic N) is 3. The van der Waals surface area contributed by atoms with Crippen LogP contribution in [-0.2, 0) is 18.5 Å². The lowest BCUT2D eigenvalue weighted by molar-refractivity contribution is 0.572. The maximum absolute atomic E-state index is 5.60. The molecule has 2 N–H and O–H groups in total. The fourth-order valence-electron chi connectivity index (χ4n) is 2.52. The molecule has 1 aromatic carbocycles. The van der Waals surface area contributed by atoms with Crippen LogP contribution < -0.4 is 10.6 Å². The van der Waals surface area contributed by atoms with E-state index in [2.05, 4.69) is 53.7 Å². The molecule has 148 valence electrons. The van der Waals surface area contributed by atoms with Crippen LogP contribution >= 0.6 is 11.3 Å². The van der Waals surface area contributed by atoms with Crippen LogP contribution in [0.15, 0.2) is 45.3 Å². The van der Waals surface area contributed by atoms with Crippen molar-refractivity contribution in [2.75, 3.05) is 7.05 Å². The van der Waals surface area contributed by atoms with E-state index in [4.69, 9.17) is 9.40 Å². The molecule has 0 atom stereocenters. The van der Waals surface area contributed by atoms with Gasteiger partial charge in [0, 0.05) is 23.4 Å². The molecule has 0 unspecified atom stereocenters. The van der Waals surface area contributed by atoms with Crippen LogP contribution in [0.1, 0.15) is 42.7 Å². The third-order valence-electron chi connectivity index (χ3n) is 4.14. The zero-order valence-electron chi connectivity index (χ0n) is 17.0. The normalized spacial score (nSPS) is 12.2. The number of oxazole rings is 1. The molecule has 0 aliphatic heterocycles. The first-order valence-electron chi connectivity index (χ1n) is 9.26. The summed E-state index contributed by atoms with van der Waals surface area (Å²) in [5, 5.41) is 9.78. The largest absolute Gasteiger partial charge is 0.444 e. The van der Waals surface area contributed by atoms with Crippen molar-refractivity contribution in [2.24, 2.45) is 4.99 Å². The van der Waals surface area contributed by atoms with Gasteiger partial charge in [-0.3, -0.25) is 4.99 Å². The number of hydrogen-bond donors (Lipinski definition) is 2. The molecule has 0 saturated carbocycles. The Hall–Kier alpha value is -2.67. The van der Waals surface area contributed by atoms with E-state index in [0.717, 1.165) is 22.0 Å². The highest BCUT2D eigenvalue weighted by molar-refractivity contribution is 7.09. The summed E-state index contributed by atoms with van der Waals surface area (Å²) < 4.78 is 5.60. The molecule has 0 amide bonds. The van der Waals surface area contributed by atoms with Gasteiger partial charge >= 0.3 is 0 Å². The van der Waals surface area contributed by atoms with Gasteiger partial charge in [-0.05, 0) is 19.1 Å². The Balaban J connectivity index is 1.53. The fraction of sp³-hybridized carbons (Fsp3) is 0.381. The Morgan fingerprint density at radius 3 is 2.36 bits per heavy atom. The van der Waals surface area contributed by atoms with Crippen LogP contribution in [0.4, 0.5) is 0 Å². The van der Waals surface area contributed by atoms with Gasteiger partial charge in [-0.25, -0.2) is 9.97 Å². The van der Waals surface area contributed by atoms with Gasteiger partial charge in [0.15, 0.2) is 5.96 Å². The Morgan fingerprint density at radius 2 is 1.75 bits per heavy atom. The van der Waals surface area contributed by atoms with Gasteiger partial charge in [0.1, 0.15) is 6.26 Å². The summed E-state index contributed by atoms with van der Waals surface area (Å²) >= 11 is 1.69. The lowest BCUT2D eigenvalue weighted by Crippen LogP contribution is -2.36. The molecule has 0 saturated heterocycles. The van der Waals surface area contributed by atoms with Crippen LogP contribution in [0.3, 0.4) is 0 Å². The molecule has 2 heterocycles. The second kappa shape index (κ2) is 8.56. The zero-order chi connectivity index (χ0) is 20.1. The van der Waals surface area contributed by atoms with E-state index in [9.17, 15) is 0 Å². The molecule has 3 rings (SSSR count). The van der Waals surface area contributed by atoms with Crippen molar-refractivity contribution >= 4 is 17.3 Å². The van der Waals surface area contributed by atoms with Crippen molar-refractivity contribution in [2.45, 2.75) is 46.2 Å². The van der Waals surface area contributed by atoms with Crippen molar-refractivity contribution in [1.29, 1.82) is 0 Å². The molecular weight excluding hydrogens is 370 g/mol. The number of thiazole rings is 1. The van der Waals surface area contributed by atoms with Gasteiger partial charge in [-0.1, -0.05) is 38.5 Å². The van der Waals surface area contributed by atoms with Crippen molar-refractivity contribution in [3.8, 4) is 11.5 Å². The summed E-state index contributed by atoms with van der Waals surface area (Å²) in [5.74, 6) is 1.32. The molecule has 28 heavy (non-hydrogen) atoms. The van der Waals surface area contributed by atoms with Crippen LogP contribution in [0, 0.1) is 6.92 Å². The second-order valence-corrected chi connectivity index (χ2v) is 8.54. The maximum Gasteiger partial charge on any atom is 0.226 e. The van der Waals surface area contributed by atoms with E-state index in [0.29, 0.717) is 24.9 Å². The van der Waals surface area contributed by atoms with Gasteiger partial charge in [0.05, 0.1) is 29.5 Å². The highest BCUT2D eigenvalue weighted by atomic mass is 32.1. The number of benzene rings is 1. The topological polar surface area (TPSA) is 75.3 Å². The van der Waals surface area contributed by atoms with Crippen LogP contribution in [0.5, 0.6) is 0 Å². The first-order chi connectivity index (χ1) is 13.3.